The molecule has 4 aromatic rings. The maximum Gasteiger partial charge on any atom is 0.209 e. The van der Waals surface area contributed by atoms with Gasteiger partial charge in [-0.2, -0.15) is 0 Å². The van der Waals surface area contributed by atoms with Crippen molar-refractivity contribution < 1.29 is 4.74 Å². The summed E-state index contributed by atoms with van der Waals surface area (Å²) < 4.78 is 5.25. The lowest BCUT2D eigenvalue weighted by atomic mass is 10.1. The number of benzene rings is 2. The van der Waals surface area contributed by atoms with Crippen molar-refractivity contribution in [3.8, 4) is 17.1 Å². The summed E-state index contributed by atoms with van der Waals surface area (Å²) in [7, 11) is 1.63. The molecule has 0 spiro atoms. The second-order valence-corrected chi connectivity index (χ2v) is 7.57. The molecule has 4 rings (SSSR count). The van der Waals surface area contributed by atoms with E-state index in [0.717, 1.165) is 39.0 Å². The average molecular weight is 392 g/mol. The lowest BCUT2D eigenvalue weighted by molar-refractivity contribution is 0.415. The van der Waals surface area contributed by atoms with Crippen LogP contribution in [0.3, 0.4) is 0 Å². The van der Waals surface area contributed by atoms with Crippen LogP contribution in [0.4, 0.5) is 0 Å². The van der Waals surface area contributed by atoms with Crippen LogP contribution in [0.15, 0.2) is 52.4 Å². The summed E-state index contributed by atoms with van der Waals surface area (Å²) in [5, 5.41) is 8.56. The predicted octanol–water partition coefficient (Wildman–Crippen LogP) is 4.23. The third kappa shape index (κ3) is 3.66. The van der Waals surface area contributed by atoms with Crippen LogP contribution in [0, 0.1) is 13.8 Å². The highest BCUT2D eigenvalue weighted by atomic mass is 32.2. The Hall–Kier alpha value is -3.06. The van der Waals surface area contributed by atoms with Crippen molar-refractivity contribution in [2.75, 3.05) is 7.11 Å². The van der Waals surface area contributed by atoms with Crippen molar-refractivity contribution in [2.45, 2.75) is 24.8 Å². The Bertz CT molecular complexity index is 1210. The molecule has 0 unspecified atom stereocenters. The van der Waals surface area contributed by atoms with Gasteiger partial charge in [0.05, 0.1) is 7.11 Å². The molecule has 6 nitrogen and oxygen atoms in total. The molecule has 0 aliphatic rings. The highest BCUT2D eigenvalue weighted by Gasteiger charge is 2.09. The van der Waals surface area contributed by atoms with Gasteiger partial charge in [-0.1, -0.05) is 23.9 Å². The lowest BCUT2D eigenvalue weighted by Gasteiger charge is -2.06. The Morgan fingerprint density at radius 1 is 1.11 bits per heavy atom. The number of rotatable bonds is 5. The minimum atomic E-state index is 0.0273. The molecule has 7 heteroatoms. The second-order valence-electron chi connectivity index (χ2n) is 6.63. The number of aromatic amines is 2. The minimum Gasteiger partial charge on any atom is -0.497 e. The van der Waals surface area contributed by atoms with E-state index in [9.17, 15) is 4.79 Å². The Kier molecular flexibility index (Phi) is 4.92. The summed E-state index contributed by atoms with van der Waals surface area (Å²) in [4.78, 5) is 20.3. The van der Waals surface area contributed by atoms with Gasteiger partial charge in [0.1, 0.15) is 5.75 Å². The monoisotopic (exact) mass is 392 g/mol. The Morgan fingerprint density at radius 2 is 1.93 bits per heavy atom. The van der Waals surface area contributed by atoms with Crippen LogP contribution in [0.5, 0.6) is 5.75 Å². The van der Waals surface area contributed by atoms with Crippen molar-refractivity contribution in [1.29, 1.82) is 0 Å². The molecule has 0 atom stereocenters. The summed E-state index contributed by atoms with van der Waals surface area (Å²) in [6.07, 6.45) is 0. The van der Waals surface area contributed by atoms with Crippen molar-refractivity contribution in [3.63, 3.8) is 0 Å². The number of pyridine rings is 1. The number of aryl methyl sites for hydroxylation is 2. The van der Waals surface area contributed by atoms with Crippen LogP contribution in [0.1, 0.15) is 16.8 Å². The fourth-order valence-corrected chi connectivity index (χ4v) is 3.71. The number of hydrogen-bond acceptors (Lipinski definition) is 5. The average Bonchev–Trinajstić information content (AvgIpc) is 3.17. The predicted molar refractivity (Wildman–Crippen MR) is 112 cm³/mol. The van der Waals surface area contributed by atoms with Gasteiger partial charge in [0.2, 0.25) is 5.16 Å². The quantitative estimate of drug-likeness (QED) is 0.497. The zero-order valence-electron chi connectivity index (χ0n) is 15.9. The number of H-pyrrole nitrogens is 2. The van der Waals surface area contributed by atoms with E-state index < -0.39 is 0 Å². The first-order valence-electron chi connectivity index (χ1n) is 8.86. The molecule has 0 radical (unpaired) electrons. The van der Waals surface area contributed by atoms with E-state index >= 15 is 0 Å². The lowest BCUT2D eigenvalue weighted by Crippen LogP contribution is -2.05. The summed E-state index contributed by atoms with van der Waals surface area (Å²) in [5.74, 6) is 2.02. The maximum atomic E-state index is 12.4. The number of nitrogens with zero attached hydrogens (tertiary/aromatic N) is 2. The van der Waals surface area contributed by atoms with Crippen molar-refractivity contribution in [1.82, 2.24) is 20.2 Å². The van der Waals surface area contributed by atoms with Gasteiger partial charge in [0.15, 0.2) is 11.3 Å². The third-order valence-electron chi connectivity index (χ3n) is 4.66. The van der Waals surface area contributed by atoms with E-state index in [1.807, 2.05) is 50.2 Å². The Labute approximate surface area is 166 Å². The number of methoxy groups -OCH3 is 1. The summed E-state index contributed by atoms with van der Waals surface area (Å²) in [6.45, 7) is 4.06. The van der Waals surface area contributed by atoms with E-state index in [0.29, 0.717) is 16.7 Å². The number of thioether (sulfide) groups is 1. The fourth-order valence-electron chi connectivity index (χ4n) is 3.00. The maximum absolute atomic E-state index is 12.4. The summed E-state index contributed by atoms with van der Waals surface area (Å²) >= 11 is 1.47. The van der Waals surface area contributed by atoms with Gasteiger partial charge >= 0.3 is 0 Å². The van der Waals surface area contributed by atoms with E-state index in [-0.39, 0.29) is 5.43 Å². The van der Waals surface area contributed by atoms with Gasteiger partial charge < -0.3 is 9.72 Å². The molecule has 28 heavy (non-hydrogen) atoms. The molecule has 142 valence electrons. The first-order chi connectivity index (χ1) is 13.5. The van der Waals surface area contributed by atoms with E-state index in [1.165, 1.54) is 11.8 Å². The van der Waals surface area contributed by atoms with Gasteiger partial charge in [-0.15, -0.1) is 5.10 Å². The molecule has 2 N–H and O–H groups in total. The topological polar surface area (TPSA) is 83.7 Å². The third-order valence-corrected chi connectivity index (χ3v) is 5.56. The SMILES string of the molecule is COc1cccc(-c2nc(SCc3cc(=O)c4cc(C)c(C)cc4[nH]3)n[nH]2)c1. The Morgan fingerprint density at radius 3 is 2.75 bits per heavy atom. The molecule has 0 bridgehead atoms. The van der Waals surface area contributed by atoms with E-state index in [1.54, 1.807) is 13.2 Å². The molecular weight excluding hydrogens is 372 g/mol. The van der Waals surface area contributed by atoms with Gasteiger partial charge in [-0.25, -0.2) is 4.98 Å². The molecule has 0 amide bonds. The standard InChI is InChI=1S/C21H20N4O2S/c1-12-7-17-18(8-13(12)2)22-15(10-19(17)26)11-28-21-23-20(24-25-21)14-5-4-6-16(9-14)27-3/h4-10H,11H2,1-3H3,(H,22,26)(H,23,24,25). The van der Waals surface area contributed by atoms with Crippen LogP contribution >= 0.6 is 11.8 Å². The molecule has 0 saturated heterocycles. The Balaban J connectivity index is 1.54. The van der Waals surface area contributed by atoms with Crippen LogP contribution in [-0.4, -0.2) is 27.3 Å². The molecule has 2 heterocycles. The molecule has 2 aromatic heterocycles. The van der Waals surface area contributed by atoms with Crippen LogP contribution < -0.4 is 10.2 Å². The van der Waals surface area contributed by atoms with Crippen molar-refractivity contribution in [3.05, 3.63) is 69.5 Å². The van der Waals surface area contributed by atoms with E-state index in [2.05, 4.69) is 20.2 Å². The molecule has 0 aliphatic heterocycles. The number of fused-ring (bicyclic) bond motifs is 1. The fraction of sp³-hybridized carbons (Fsp3) is 0.190. The first kappa shape index (κ1) is 18.3. The molecule has 0 saturated carbocycles. The second kappa shape index (κ2) is 7.52. The largest absolute Gasteiger partial charge is 0.497 e. The normalized spacial score (nSPS) is 11.1. The number of hydrogen-bond donors (Lipinski definition) is 2. The molecule has 0 fully saturated rings. The molecule has 2 aromatic carbocycles. The van der Waals surface area contributed by atoms with Crippen LogP contribution in [-0.2, 0) is 5.75 Å². The van der Waals surface area contributed by atoms with Gasteiger partial charge in [-0.05, 0) is 49.2 Å². The number of nitrogens with one attached hydrogen (secondary N) is 2. The number of aromatic nitrogens is 4. The number of ether oxygens (including phenoxy) is 1. The zero-order chi connectivity index (χ0) is 19.7. The first-order valence-corrected chi connectivity index (χ1v) is 9.85. The van der Waals surface area contributed by atoms with Gasteiger partial charge in [0.25, 0.3) is 0 Å². The van der Waals surface area contributed by atoms with Crippen molar-refractivity contribution in [2.24, 2.45) is 0 Å². The summed E-state index contributed by atoms with van der Waals surface area (Å²) in [5.41, 5.74) is 4.91. The summed E-state index contributed by atoms with van der Waals surface area (Å²) in [6, 6.07) is 13.3. The van der Waals surface area contributed by atoms with Gasteiger partial charge in [0, 0.05) is 34.0 Å². The molecular formula is C21H20N4O2S. The van der Waals surface area contributed by atoms with Crippen LogP contribution in [0.25, 0.3) is 22.3 Å². The van der Waals surface area contributed by atoms with Gasteiger partial charge in [-0.3, -0.25) is 9.89 Å². The zero-order valence-corrected chi connectivity index (χ0v) is 16.7. The van der Waals surface area contributed by atoms with Crippen LogP contribution in [0.2, 0.25) is 0 Å². The highest BCUT2D eigenvalue weighted by molar-refractivity contribution is 7.98. The minimum absolute atomic E-state index is 0.0273. The van der Waals surface area contributed by atoms with Crippen molar-refractivity contribution >= 4 is 22.7 Å². The molecule has 0 aliphatic carbocycles. The van der Waals surface area contributed by atoms with E-state index in [4.69, 9.17) is 4.74 Å². The highest BCUT2D eigenvalue weighted by Crippen LogP contribution is 2.24. The smallest absolute Gasteiger partial charge is 0.209 e.